The summed E-state index contributed by atoms with van der Waals surface area (Å²) >= 11 is 1.28. The molecule has 1 aliphatic carbocycles. The van der Waals surface area contributed by atoms with Crippen LogP contribution in [0.3, 0.4) is 0 Å². The van der Waals surface area contributed by atoms with Crippen molar-refractivity contribution in [2.45, 2.75) is 39.3 Å². The summed E-state index contributed by atoms with van der Waals surface area (Å²) in [7, 11) is 0. The van der Waals surface area contributed by atoms with Crippen LogP contribution in [0.2, 0.25) is 0 Å². The Morgan fingerprint density at radius 3 is 2.78 bits per heavy atom. The highest BCUT2D eigenvalue weighted by atomic mass is 32.1. The van der Waals surface area contributed by atoms with Gasteiger partial charge in [-0.05, 0) is 66.5 Å². The fourth-order valence-electron chi connectivity index (χ4n) is 4.50. The first-order valence-corrected chi connectivity index (χ1v) is 11.5. The van der Waals surface area contributed by atoms with Crippen molar-refractivity contribution in [1.82, 2.24) is 14.5 Å². The normalized spacial score (nSPS) is 15.1. The van der Waals surface area contributed by atoms with Crippen molar-refractivity contribution in [2.24, 2.45) is 0 Å². The van der Waals surface area contributed by atoms with Crippen molar-refractivity contribution < 1.29 is 4.79 Å². The van der Waals surface area contributed by atoms with E-state index in [0.717, 1.165) is 29.5 Å². The molecule has 162 valence electrons. The molecule has 6 nitrogen and oxygen atoms in total. The summed E-state index contributed by atoms with van der Waals surface area (Å²) in [6, 6.07) is 15.4. The van der Waals surface area contributed by atoms with Gasteiger partial charge in [0.05, 0.1) is 17.2 Å². The highest BCUT2D eigenvalue weighted by Crippen LogP contribution is 2.30. The fourth-order valence-corrected chi connectivity index (χ4v) is 5.33. The van der Waals surface area contributed by atoms with Crippen molar-refractivity contribution in [3.8, 4) is 5.69 Å². The molecule has 2 aromatic carbocycles. The lowest BCUT2D eigenvalue weighted by atomic mass is 10.1. The van der Waals surface area contributed by atoms with Gasteiger partial charge in [-0.3, -0.25) is 14.2 Å². The van der Waals surface area contributed by atoms with Gasteiger partial charge >= 0.3 is 5.69 Å². The van der Waals surface area contributed by atoms with Crippen LogP contribution >= 0.6 is 11.3 Å². The Balaban J connectivity index is 1.55. The third-order valence-electron chi connectivity index (χ3n) is 6.13. The Bertz CT molecular complexity index is 1480. The van der Waals surface area contributed by atoms with Crippen LogP contribution in [0.5, 0.6) is 0 Å². The largest absolute Gasteiger partial charge is 0.348 e. The quantitative estimate of drug-likeness (QED) is 0.521. The predicted octanol–water partition coefficient (Wildman–Crippen LogP) is 3.63. The van der Waals surface area contributed by atoms with Gasteiger partial charge in [0.1, 0.15) is 11.2 Å². The number of aromatic nitrogens is 2. The van der Waals surface area contributed by atoms with Gasteiger partial charge in [-0.15, -0.1) is 11.3 Å². The average molecular weight is 446 g/mol. The molecule has 2 heterocycles. The zero-order valence-corrected chi connectivity index (χ0v) is 18.7. The molecule has 5 rings (SSSR count). The third kappa shape index (κ3) is 3.39. The van der Waals surface area contributed by atoms with E-state index in [-0.39, 0.29) is 24.1 Å². The van der Waals surface area contributed by atoms with Crippen LogP contribution < -0.4 is 16.6 Å². The molecule has 7 heteroatoms. The van der Waals surface area contributed by atoms with E-state index in [2.05, 4.69) is 11.4 Å². The van der Waals surface area contributed by atoms with Crippen LogP contribution in [0, 0.1) is 13.8 Å². The number of nitrogens with one attached hydrogen (secondary N) is 1. The summed E-state index contributed by atoms with van der Waals surface area (Å²) in [5.41, 5.74) is 4.35. The van der Waals surface area contributed by atoms with Crippen molar-refractivity contribution in [2.75, 3.05) is 0 Å². The maximum Gasteiger partial charge on any atom is 0.336 e. The van der Waals surface area contributed by atoms with E-state index < -0.39 is 5.69 Å². The van der Waals surface area contributed by atoms with Crippen LogP contribution in [0.15, 0.2) is 63.5 Å². The second-order valence-corrected chi connectivity index (χ2v) is 9.21. The van der Waals surface area contributed by atoms with Crippen LogP contribution in [-0.4, -0.2) is 15.0 Å². The first kappa shape index (κ1) is 20.5. The van der Waals surface area contributed by atoms with Crippen LogP contribution in [0.25, 0.3) is 15.9 Å². The number of hydrogen-bond acceptors (Lipinski definition) is 4. The molecular formula is C25H23N3O3S. The molecule has 4 aromatic rings. The Morgan fingerprint density at radius 1 is 1.12 bits per heavy atom. The van der Waals surface area contributed by atoms with E-state index in [1.807, 2.05) is 50.2 Å². The minimum absolute atomic E-state index is 0.0581. The molecule has 0 saturated heterocycles. The molecule has 0 spiro atoms. The number of carbonyl (C=O) groups is 1. The molecule has 0 aliphatic heterocycles. The number of benzene rings is 2. The monoisotopic (exact) mass is 445 g/mol. The summed E-state index contributed by atoms with van der Waals surface area (Å²) in [6.45, 7) is 3.65. The molecule has 0 radical (unpaired) electrons. The van der Waals surface area contributed by atoms with E-state index in [0.29, 0.717) is 15.9 Å². The molecule has 1 amide bonds. The zero-order chi connectivity index (χ0) is 22.4. The van der Waals surface area contributed by atoms with Gasteiger partial charge in [-0.1, -0.05) is 36.4 Å². The number of carbonyl (C=O) groups excluding carboxylic acids is 1. The van der Waals surface area contributed by atoms with Gasteiger partial charge in [-0.25, -0.2) is 9.36 Å². The number of fused-ring (bicyclic) bond motifs is 2. The Morgan fingerprint density at radius 2 is 1.94 bits per heavy atom. The summed E-state index contributed by atoms with van der Waals surface area (Å²) in [4.78, 5) is 39.7. The summed E-state index contributed by atoms with van der Waals surface area (Å²) in [5, 5.41) is 4.86. The van der Waals surface area contributed by atoms with Gasteiger partial charge in [0, 0.05) is 0 Å². The topological polar surface area (TPSA) is 73.1 Å². The third-order valence-corrected chi connectivity index (χ3v) is 7.02. The molecule has 0 unspecified atom stereocenters. The van der Waals surface area contributed by atoms with E-state index in [1.165, 1.54) is 26.0 Å². The number of rotatable bonds is 4. The van der Waals surface area contributed by atoms with Crippen LogP contribution in [0.1, 0.15) is 34.7 Å². The van der Waals surface area contributed by atoms with Gasteiger partial charge in [0.2, 0.25) is 5.91 Å². The first-order chi connectivity index (χ1) is 15.4. The molecule has 32 heavy (non-hydrogen) atoms. The fraction of sp³-hybridized carbons (Fsp3) is 0.240. The van der Waals surface area contributed by atoms with Gasteiger partial charge < -0.3 is 5.32 Å². The summed E-state index contributed by atoms with van der Waals surface area (Å²) in [5.74, 6) is -0.243. The molecule has 1 N–H and O–H groups in total. The first-order valence-electron chi connectivity index (χ1n) is 10.6. The van der Waals surface area contributed by atoms with E-state index in [4.69, 9.17) is 0 Å². The number of amides is 1. The number of thiophene rings is 1. The zero-order valence-electron chi connectivity index (χ0n) is 17.9. The number of nitrogens with zero attached hydrogens (tertiary/aromatic N) is 2. The Kier molecular flexibility index (Phi) is 5.06. The van der Waals surface area contributed by atoms with E-state index in [9.17, 15) is 14.4 Å². The van der Waals surface area contributed by atoms with Gasteiger partial charge in [0.15, 0.2) is 0 Å². The second kappa shape index (κ2) is 7.91. The minimum Gasteiger partial charge on any atom is -0.348 e. The molecule has 0 saturated carbocycles. The van der Waals surface area contributed by atoms with Crippen molar-refractivity contribution in [3.63, 3.8) is 0 Å². The molecule has 2 aromatic heterocycles. The molecule has 0 bridgehead atoms. The van der Waals surface area contributed by atoms with Crippen molar-refractivity contribution in [1.29, 1.82) is 0 Å². The summed E-state index contributed by atoms with van der Waals surface area (Å²) < 4.78 is 3.06. The lowest BCUT2D eigenvalue weighted by Crippen LogP contribution is -2.42. The van der Waals surface area contributed by atoms with E-state index >= 15 is 0 Å². The lowest BCUT2D eigenvalue weighted by molar-refractivity contribution is -0.122. The molecular weight excluding hydrogens is 422 g/mol. The highest BCUT2D eigenvalue weighted by Gasteiger charge is 2.24. The number of hydrogen-bond donors (Lipinski definition) is 1. The SMILES string of the molecule is Cc1ccc(C)c(-n2c(=O)c3sccc3n(CC(=O)N[C@H]3CCc4ccccc43)c2=O)c1. The van der Waals surface area contributed by atoms with Crippen LogP contribution in [-0.2, 0) is 17.8 Å². The predicted molar refractivity (Wildman–Crippen MR) is 127 cm³/mol. The van der Waals surface area contributed by atoms with E-state index in [1.54, 1.807) is 11.4 Å². The van der Waals surface area contributed by atoms with Gasteiger partial charge in [-0.2, -0.15) is 0 Å². The standard InChI is InChI=1S/C25H23N3O3S/c1-15-7-8-16(2)21(13-15)28-24(30)23-20(11-12-32-23)27(25(28)31)14-22(29)26-19-10-9-17-5-3-4-6-18(17)19/h3-8,11-13,19H,9-10,14H2,1-2H3,(H,26,29)/t19-/m0/s1. The maximum atomic E-state index is 13.5. The average Bonchev–Trinajstić information content (AvgIpc) is 3.42. The molecule has 0 fully saturated rings. The Labute approximate surface area is 188 Å². The smallest absolute Gasteiger partial charge is 0.336 e. The molecule has 1 aliphatic rings. The van der Waals surface area contributed by atoms with Crippen LogP contribution in [0.4, 0.5) is 0 Å². The van der Waals surface area contributed by atoms with Gasteiger partial charge in [0.25, 0.3) is 5.56 Å². The maximum absolute atomic E-state index is 13.5. The van der Waals surface area contributed by atoms with Crippen molar-refractivity contribution in [3.05, 3.63) is 97.0 Å². The number of aryl methyl sites for hydroxylation is 3. The lowest BCUT2D eigenvalue weighted by Gasteiger charge is -2.17. The molecule has 1 atom stereocenters. The highest BCUT2D eigenvalue weighted by molar-refractivity contribution is 7.17. The van der Waals surface area contributed by atoms with Crippen molar-refractivity contribution >= 4 is 27.5 Å². The summed E-state index contributed by atoms with van der Waals surface area (Å²) in [6.07, 6.45) is 1.77. The minimum atomic E-state index is -0.503. The second-order valence-electron chi connectivity index (χ2n) is 8.29. The Hall–Kier alpha value is -3.45.